The lowest BCUT2D eigenvalue weighted by molar-refractivity contribution is -0.160. The van der Waals surface area contributed by atoms with Gasteiger partial charge in [-0.3, -0.25) is 9.59 Å². The zero-order chi connectivity index (χ0) is 20.3. The summed E-state index contributed by atoms with van der Waals surface area (Å²) in [6, 6.07) is 8.27. The molecule has 0 saturated carbocycles. The molecular formula is C19H19FN2O5S. The summed E-state index contributed by atoms with van der Waals surface area (Å²) in [7, 11) is 0. The number of amides is 2. The number of rotatable bonds is 5. The highest BCUT2D eigenvalue weighted by atomic mass is 32.2. The van der Waals surface area contributed by atoms with E-state index in [9.17, 15) is 18.8 Å². The van der Waals surface area contributed by atoms with Gasteiger partial charge in [0.1, 0.15) is 23.0 Å². The maximum atomic E-state index is 13.7. The van der Waals surface area contributed by atoms with E-state index >= 15 is 0 Å². The van der Waals surface area contributed by atoms with Gasteiger partial charge in [0.05, 0.1) is 12.0 Å². The summed E-state index contributed by atoms with van der Waals surface area (Å²) in [5.41, 5.74) is -0.00457. The maximum absolute atomic E-state index is 13.7. The second kappa shape index (κ2) is 8.47. The zero-order valence-corrected chi connectivity index (χ0v) is 16.1. The van der Waals surface area contributed by atoms with E-state index in [2.05, 4.69) is 5.32 Å². The fraction of sp³-hybridized carbons (Fsp3) is 0.316. The summed E-state index contributed by atoms with van der Waals surface area (Å²) < 4.78 is 24.3. The van der Waals surface area contributed by atoms with E-state index in [0.29, 0.717) is 11.5 Å². The summed E-state index contributed by atoms with van der Waals surface area (Å²) in [5, 5.41) is 1.94. The molecule has 148 valence electrons. The van der Waals surface area contributed by atoms with E-state index in [1.807, 2.05) is 0 Å². The van der Waals surface area contributed by atoms with Gasteiger partial charge in [-0.25, -0.2) is 9.18 Å². The molecule has 28 heavy (non-hydrogen) atoms. The summed E-state index contributed by atoms with van der Waals surface area (Å²) >= 11 is 1.37. The van der Waals surface area contributed by atoms with Crippen molar-refractivity contribution >= 4 is 35.2 Å². The molecule has 3 rings (SSSR count). The van der Waals surface area contributed by atoms with Crippen LogP contribution in [0.4, 0.5) is 10.1 Å². The lowest BCUT2D eigenvalue weighted by atomic mass is 10.2. The Balaban J connectivity index is 1.65. The Morgan fingerprint density at radius 1 is 1.29 bits per heavy atom. The van der Waals surface area contributed by atoms with Crippen LogP contribution in [0, 0.1) is 5.82 Å². The average Bonchev–Trinajstić information content (AvgIpc) is 3.32. The minimum Gasteiger partial charge on any atom is -0.466 e. The van der Waals surface area contributed by atoms with Crippen molar-refractivity contribution in [2.75, 3.05) is 11.1 Å². The van der Waals surface area contributed by atoms with Gasteiger partial charge in [0, 0.05) is 12.7 Å². The largest absolute Gasteiger partial charge is 0.466 e. The average molecular weight is 406 g/mol. The molecule has 1 aliphatic rings. The monoisotopic (exact) mass is 406 g/mol. The smallest absolute Gasteiger partial charge is 0.330 e. The van der Waals surface area contributed by atoms with Crippen LogP contribution in [-0.2, 0) is 19.1 Å². The lowest BCUT2D eigenvalue weighted by Gasteiger charge is -2.26. The third-order valence-electron chi connectivity index (χ3n) is 4.22. The van der Waals surface area contributed by atoms with Gasteiger partial charge in [0.15, 0.2) is 6.10 Å². The number of nitrogens with zero attached hydrogens (tertiary/aromatic N) is 1. The van der Waals surface area contributed by atoms with Crippen LogP contribution in [-0.4, -0.2) is 40.6 Å². The van der Waals surface area contributed by atoms with Crippen molar-refractivity contribution < 1.29 is 27.9 Å². The van der Waals surface area contributed by atoms with Gasteiger partial charge in [0.2, 0.25) is 5.91 Å². The molecule has 1 N–H and O–H groups in total. The molecule has 1 fully saturated rings. The van der Waals surface area contributed by atoms with Gasteiger partial charge in [0.25, 0.3) is 5.91 Å². The zero-order valence-electron chi connectivity index (χ0n) is 15.3. The van der Waals surface area contributed by atoms with Crippen LogP contribution in [0.2, 0.25) is 0 Å². The summed E-state index contributed by atoms with van der Waals surface area (Å²) in [6.45, 7) is 2.74. The molecule has 0 radical (unpaired) electrons. The first kappa shape index (κ1) is 19.9. The van der Waals surface area contributed by atoms with E-state index in [1.54, 1.807) is 18.2 Å². The van der Waals surface area contributed by atoms with Crippen molar-refractivity contribution in [2.24, 2.45) is 0 Å². The quantitative estimate of drug-likeness (QED) is 0.768. The minimum atomic E-state index is -1.16. The fourth-order valence-corrected chi connectivity index (χ4v) is 4.24. The Morgan fingerprint density at radius 2 is 2.04 bits per heavy atom. The van der Waals surface area contributed by atoms with Gasteiger partial charge in [-0.15, -0.1) is 11.8 Å². The number of carbonyl (C=O) groups excluding carboxylic acids is 3. The SMILES string of the molecule is CC(=O)N1[C@@H](C(=O)O[C@H](C)C(=O)Nc2ccccc2F)CS[C@@H]1c1ccco1. The number of para-hydroxylation sites is 1. The third-order valence-corrected chi connectivity index (χ3v) is 5.50. The molecule has 2 heterocycles. The first-order valence-electron chi connectivity index (χ1n) is 8.58. The van der Waals surface area contributed by atoms with E-state index < -0.39 is 35.2 Å². The Kier molecular flexibility index (Phi) is 6.03. The van der Waals surface area contributed by atoms with Crippen LogP contribution >= 0.6 is 11.8 Å². The molecule has 3 atom stereocenters. The third kappa shape index (κ3) is 4.19. The van der Waals surface area contributed by atoms with Crippen molar-refractivity contribution in [3.8, 4) is 0 Å². The van der Waals surface area contributed by atoms with Gasteiger partial charge in [-0.1, -0.05) is 12.1 Å². The predicted molar refractivity (Wildman–Crippen MR) is 101 cm³/mol. The van der Waals surface area contributed by atoms with Crippen molar-refractivity contribution in [1.29, 1.82) is 0 Å². The number of furan rings is 1. The van der Waals surface area contributed by atoms with E-state index in [0.717, 1.165) is 0 Å². The number of ether oxygens (including phenoxy) is 1. The number of carbonyl (C=O) groups is 3. The van der Waals surface area contributed by atoms with Crippen LogP contribution in [0.25, 0.3) is 0 Å². The maximum Gasteiger partial charge on any atom is 0.330 e. The standard InChI is InChI=1S/C19H19FN2O5S/c1-11(17(24)21-14-7-4-3-6-13(14)20)27-19(25)15-10-28-18(22(15)12(2)23)16-8-5-9-26-16/h3-9,11,15,18H,10H2,1-2H3,(H,21,24)/t11-,15-,18-/m1/s1. The van der Waals surface area contributed by atoms with E-state index in [4.69, 9.17) is 9.15 Å². The normalized spacial score (nSPS) is 19.9. The van der Waals surface area contributed by atoms with Gasteiger partial charge in [-0.2, -0.15) is 0 Å². The minimum absolute atomic E-state index is 0.00457. The Morgan fingerprint density at radius 3 is 2.68 bits per heavy atom. The molecule has 0 bridgehead atoms. The van der Waals surface area contributed by atoms with Crippen LogP contribution in [0.5, 0.6) is 0 Å². The highest BCUT2D eigenvalue weighted by molar-refractivity contribution is 7.99. The van der Waals surface area contributed by atoms with Crippen molar-refractivity contribution in [3.63, 3.8) is 0 Å². The van der Waals surface area contributed by atoms with Gasteiger partial charge in [-0.05, 0) is 31.2 Å². The molecule has 7 nitrogen and oxygen atoms in total. The molecule has 0 spiro atoms. The van der Waals surface area contributed by atoms with Crippen LogP contribution < -0.4 is 5.32 Å². The van der Waals surface area contributed by atoms with Crippen LogP contribution in [0.3, 0.4) is 0 Å². The molecule has 0 aliphatic carbocycles. The first-order valence-corrected chi connectivity index (χ1v) is 9.63. The number of nitrogens with one attached hydrogen (secondary N) is 1. The molecule has 1 aromatic heterocycles. The second-order valence-electron chi connectivity index (χ2n) is 6.19. The summed E-state index contributed by atoms with van der Waals surface area (Å²) in [6.07, 6.45) is 0.336. The first-order chi connectivity index (χ1) is 13.4. The Hall–Kier alpha value is -2.81. The van der Waals surface area contributed by atoms with Crippen LogP contribution in [0.15, 0.2) is 47.1 Å². The molecule has 1 aliphatic heterocycles. The molecule has 0 unspecified atom stereocenters. The van der Waals surface area contributed by atoms with Crippen molar-refractivity contribution in [3.05, 3.63) is 54.2 Å². The molecule has 2 amide bonds. The Bertz CT molecular complexity index is 873. The van der Waals surface area contributed by atoms with Crippen LogP contribution in [0.1, 0.15) is 25.0 Å². The topological polar surface area (TPSA) is 88.8 Å². The highest BCUT2D eigenvalue weighted by Gasteiger charge is 2.43. The second-order valence-corrected chi connectivity index (χ2v) is 7.30. The number of hydrogen-bond donors (Lipinski definition) is 1. The molecule has 1 saturated heterocycles. The number of halogens is 1. The number of benzene rings is 1. The predicted octanol–water partition coefficient (Wildman–Crippen LogP) is 2.95. The van der Waals surface area contributed by atoms with Crippen molar-refractivity contribution in [1.82, 2.24) is 4.90 Å². The molecule has 1 aromatic carbocycles. The number of anilines is 1. The van der Waals surface area contributed by atoms with Gasteiger partial charge < -0.3 is 19.4 Å². The van der Waals surface area contributed by atoms with Gasteiger partial charge >= 0.3 is 5.97 Å². The van der Waals surface area contributed by atoms with E-state index in [1.165, 1.54) is 55.0 Å². The number of esters is 1. The number of thioether (sulfide) groups is 1. The van der Waals surface area contributed by atoms with Crippen molar-refractivity contribution in [2.45, 2.75) is 31.4 Å². The van der Waals surface area contributed by atoms with E-state index in [-0.39, 0.29) is 11.6 Å². The fourth-order valence-electron chi connectivity index (χ4n) is 2.83. The summed E-state index contributed by atoms with van der Waals surface area (Å²) in [4.78, 5) is 38.3. The highest BCUT2D eigenvalue weighted by Crippen LogP contribution is 2.41. The lowest BCUT2D eigenvalue weighted by Crippen LogP contribution is -2.44. The molecule has 9 heteroatoms. The Labute approximate surface area is 165 Å². The molecular weight excluding hydrogens is 387 g/mol. The summed E-state index contributed by atoms with van der Waals surface area (Å²) in [5.74, 6) is -1.40. The number of hydrogen-bond acceptors (Lipinski definition) is 6. The molecule has 2 aromatic rings.